The molecular weight excluding hydrogens is 690 g/mol. The lowest BCUT2D eigenvalue weighted by Crippen LogP contribution is -2.70. The Balaban J connectivity index is 1.11. The van der Waals surface area contributed by atoms with Gasteiger partial charge in [0.25, 0.3) is 0 Å². The van der Waals surface area contributed by atoms with Gasteiger partial charge in [-0.15, -0.1) is 0 Å². The summed E-state index contributed by atoms with van der Waals surface area (Å²) in [5, 5.41) is 13.8. The molecule has 7 fully saturated rings. The first-order chi connectivity index (χ1) is 26.3. The van der Waals surface area contributed by atoms with Crippen molar-refractivity contribution in [3.05, 3.63) is 41.5 Å². The second kappa shape index (κ2) is 15.9. The van der Waals surface area contributed by atoms with Crippen molar-refractivity contribution in [1.82, 2.24) is 15.3 Å². The number of nitrogens with zero attached hydrogens (tertiary/aromatic N) is 2. The number of hydrogen-bond donors (Lipinski definition) is 2. The number of allylic oxidation sites excluding steroid dienone is 1. The van der Waals surface area contributed by atoms with Crippen LogP contribution in [0.25, 0.3) is 6.08 Å². The van der Waals surface area contributed by atoms with Crippen molar-refractivity contribution in [2.45, 2.75) is 165 Å². The molecular formula is C42H59N3O9. The summed E-state index contributed by atoms with van der Waals surface area (Å²) in [4.78, 5) is 51.5. The number of carbonyl (C=O) groups excluding carboxylic acids is 3. The third-order valence-corrected chi connectivity index (χ3v) is 13.1. The molecule has 296 valence electrons. The van der Waals surface area contributed by atoms with Crippen LogP contribution >= 0.6 is 0 Å². The third-order valence-electron chi connectivity index (χ3n) is 13.1. The van der Waals surface area contributed by atoms with Gasteiger partial charge in [-0.1, -0.05) is 75.9 Å². The van der Waals surface area contributed by atoms with Crippen LogP contribution in [0.3, 0.4) is 0 Å². The number of benzene rings is 1. The number of nitrogens with one attached hydrogen (secondary N) is 1. The molecule has 3 unspecified atom stereocenters. The maximum absolute atomic E-state index is 15.3. The predicted molar refractivity (Wildman–Crippen MR) is 198 cm³/mol. The second-order valence-electron chi connectivity index (χ2n) is 16.8. The van der Waals surface area contributed by atoms with Crippen LogP contribution in [-0.4, -0.2) is 107 Å². The highest BCUT2D eigenvalue weighted by molar-refractivity contribution is 5.96. The average molecular weight is 750 g/mol. The summed E-state index contributed by atoms with van der Waals surface area (Å²) in [6, 6.07) is 6.49. The Labute approximate surface area is 319 Å². The molecule has 10 atom stereocenters. The molecule has 1 aromatic carbocycles. The van der Waals surface area contributed by atoms with Crippen molar-refractivity contribution in [3.8, 4) is 0 Å². The van der Waals surface area contributed by atoms with E-state index in [-0.39, 0.29) is 37.9 Å². The lowest BCUT2D eigenvalue weighted by atomic mass is 9.62. The van der Waals surface area contributed by atoms with E-state index in [1.807, 2.05) is 12.1 Å². The van der Waals surface area contributed by atoms with Crippen LogP contribution in [0.1, 0.15) is 115 Å². The Morgan fingerprint density at radius 3 is 2.56 bits per heavy atom. The molecule has 12 heteroatoms. The van der Waals surface area contributed by atoms with E-state index in [0.717, 1.165) is 68.9 Å². The number of aliphatic hydroxyl groups is 1. The largest absolute Gasteiger partial charge is 0.458 e. The van der Waals surface area contributed by atoms with Crippen LogP contribution in [-0.2, 0) is 44.7 Å². The number of esters is 1. The third kappa shape index (κ3) is 7.15. The number of hydrogen-bond acceptors (Lipinski definition) is 10. The summed E-state index contributed by atoms with van der Waals surface area (Å²) >= 11 is 0. The smallest absolute Gasteiger partial charge is 0.327 e. The molecule has 0 aromatic heterocycles. The van der Waals surface area contributed by atoms with Gasteiger partial charge in [-0.3, -0.25) is 19.2 Å². The molecule has 54 heavy (non-hydrogen) atoms. The number of epoxide rings is 1. The van der Waals surface area contributed by atoms with Gasteiger partial charge in [0.15, 0.2) is 11.8 Å². The number of aliphatic hydroxyl groups excluding tert-OH is 1. The standard InChI is InChI=1S/C42H59N3O9/c1-3-5-7-18-41(19-8-6-4-2)52-34-33-25-42(40(49)44-21-10-13-30(44)38(47)43-20-22-46)36(39(48)51-33)45(54-37(42)35(34)53-41)26-29-12-9-11-27(23-29)14-15-28-16-17-31-32(24-28)50-31/h9,11-12,14-15,23,28,30-37,46H,3-8,10,13,16-22,24-26H2,1-2H3,(H,43,47)/t28?,30-,31?,32?,33-,34+,35+,36+,37-,42+/m1/s1. The number of carbonyl (C=O) groups is 3. The van der Waals surface area contributed by atoms with Crippen molar-refractivity contribution < 1.29 is 43.3 Å². The average Bonchev–Trinajstić information content (AvgIpc) is 3.44. The molecule has 1 aromatic rings. The highest BCUT2D eigenvalue weighted by atomic mass is 16.8. The van der Waals surface area contributed by atoms with Crippen molar-refractivity contribution >= 4 is 23.9 Å². The van der Waals surface area contributed by atoms with Gasteiger partial charge in [0.1, 0.15) is 35.9 Å². The van der Waals surface area contributed by atoms with E-state index in [1.165, 1.54) is 0 Å². The monoisotopic (exact) mass is 749 g/mol. The van der Waals surface area contributed by atoms with Gasteiger partial charge in [0.2, 0.25) is 11.8 Å². The molecule has 5 saturated heterocycles. The summed E-state index contributed by atoms with van der Waals surface area (Å²) in [6.45, 7) is 4.92. The van der Waals surface area contributed by atoms with Crippen molar-refractivity contribution in [1.29, 1.82) is 0 Å². The van der Waals surface area contributed by atoms with Gasteiger partial charge in [-0.2, -0.15) is 5.06 Å². The number of fused-ring (bicyclic) bond motifs is 5. The first kappa shape index (κ1) is 38.0. The highest BCUT2D eigenvalue weighted by Gasteiger charge is 2.77. The van der Waals surface area contributed by atoms with E-state index in [2.05, 4.69) is 43.4 Å². The topological polar surface area (TPSA) is 139 Å². The van der Waals surface area contributed by atoms with Crippen molar-refractivity contribution in [2.75, 3.05) is 19.7 Å². The van der Waals surface area contributed by atoms with Crippen molar-refractivity contribution in [3.63, 3.8) is 0 Å². The van der Waals surface area contributed by atoms with Crippen LogP contribution in [0.15, 0.2) is 30.3 Å². The van der Waals surface area contributed by atoms with E-state index >= 15 is 4.79 Å². The van der Waals surface area contributed by atoms with E-state index in [4.69, 9.17) is 23.8 Å². The lowest BCUT2D eigenvalue weighted by molar-refractivity contribution is -0.225. The number of amides is 2. The predicted octanol–water partition coefficient (Wildman–Crippen LogP) is 4.81. The Morgan fingerprint density at radius 1 is 1.00 bits per heavy atom. The SMILES string of the molecule is CCCCCC1(CCCCC)O[C@@H]2[C@H](O1)[C@H]1ON(Cc3cccc(C=CC4CCC5OC5C4)c3)[C@H]3C(=O)O[C@@H]2C[C@@]13C(=O)N1CCC[C@@H]1C(=O)NCCO. The zero-order valence-corrected chi connectivity index (χ0v) is 32.0. The van der Waals surface area contributed by atoms with Gasteiger partial charge >= 0.3 is 5.97 Å². The normalized spacial score (nSPS) is 36.2. The van der Waals surface area contributed by atoms with E-state index in [1.54, 1.807) is 9.96 Å². The zero-order valence-electron chi connectivity index (χ0n) is 32.0. The van der Waals surface area contributed by atoms with Crippen LogP contribution in [0, 0.1) is 11.3 Å². The molecule has 2 bridgehead atoms. The van der Waals surface area contributed by atoms with Crippen LogP contribution in [0.2, 0.25) is 0 Å². The van der Waals surface area contributed by atoms with Gasteiger partial charge in [-0.05, 0) is 62.0 Å². The molecule has 5 heterocycles. The minimum Gasteiger partial charge on any atom is -0.458 e. The summed E-state index contributed by atoms with van der Waals surface area (Å²) in [5.74, 6) is -1.43. The number of rotatable bonds is 16. The highest BCUT2D eigenvalue weighted by Crippen LogP contribution is 2.59. The van der Waals surface area contributed by atoms with Gasteiger partial charge in [-0.25, -0.2) is 0 Å². The molecule has 8 rings (SSSR count). The molecule has 7 aliphatic rings. The number of hydroxylamine groups is 2. The Bertz CT molecular complexity index is 1560. The number of ether oxygens (including phenoxy) is 4. The molecule has 2 N–H and O–H groups in total. The maximum atomic E-state index is 15.3. The van der Waals surface area contributed by atoms with Crippen LogP contribution in [0.5, 0.6) is 0 Å². The fourth-order valence-electron chi connectivity index (χ4n) is 10.4. The summed E-state index contributed by atoms with van der Waals surface area (Å²) in [5.41, 5.74) is 0.665. The molecule has 2 aliphatic carbocycles. The number of likely N-dealkylation sites (tertiary alicyclic amines) is 1. The lowest BCUT2D eigenvalue weighted by Gasteiger charge is -2.50. The minimum absolute atomic E-state index is 0.108. The Kier molecular flexibility index (Phi) is 11.2. The molecule has 0 radical (unpaired) electrons. The first-order valence-electron chi connectivity index (χ1n) is 20.9. The maximum Gasteiger partial charge on any atom is 0.327 e. The van der Waals surface area contributed by atoms with Gasteiger partial charge in [0, 0.05) is 32.4 Å². The Morgan fingerprint density at radius 2 is 1.80 bits per heavy atom. The van der Waals surface area contributed by atoms with E-state index in [9.17, 15) is 14.7 Å². The zero-order chi connectivity index (χ0) is 37.5. The molecule has 0 spiro atoms. The molecule has 2 amide bonds. The Hall–Kier alpha value is -2.87. The summed E-state index contributed by atoms with van der Waals surface area (Å²) in [7, 11) is 0. The first-order valence-corrected chi connectivity index (χ1v) is 20.9. The molecule has 2 saturated carbocycles. The van der Waals surface area contributed by atoms with Gasteiger partial charge < -0.3 is 34.3 Å². The van der Waals surface area contributed by atoms with Crippen molar-refractivity contribution in [2.24, 2.45) is 11.3 Å². The summed E-state index contributed by atoms with van der Waals surface area (Å²) in [6.07, 6.45) is 14.9. The second-order valence-corrected chi connectivity index (χ2v) is 16.8. The molecule has 5 aliphatic heterocycles. The fourth-order valence-corrected chi connectivity index (χ4v) is 10.4. The summed E-state index contributed by atoms with van der Waals surface area (Å²) < 4.78 is 26.0. The van der Waals surface area contributed by atoms with Crippen LogP contribution in [0.4, 0.5) is 0 Å². The number of unbranched alkanes of at least 4 members (excludes halogenated alkanes) is 4. The fraction of sp³-hybridized carbons (Fsp3) is 0.738. The van der Waals surface area contributed by atoms with Crippen LogP contribution < -0.4 is 5.32 Å². The quantitative estimate of drug-likeness (QED) is 0.138. The van der Waals surface area contributed by atoms with E-state index in [0.29, 0.717) is 50.4 Å². The molecule has 12 nitrogen and oxygen atoms in total. The van der Waals surface area contributed by atoms with Gasteiger partial charge in [0.05, 0.1) is 25.4 Å². The van der Waals surface area contributed by atoms with E-state index < -0.39 is 53.7 Å². The minimum atomic E-state index is -1.34.